The number of amides is 1. The number of aromatic nitrogens is 1. The summed E-state index contributed by atoms with van der Waals surface area (Å²) in [7, 11) is 0. The Morgan fingerprint density at radius 2 is 2.00 bits per heavy atom. The van der Waals surface area contributed by atoms with Crippen molar-refractivity contribution in [1.82, 2.24) is 10.3 Å². The Morgan fingerprint density at radius 3 is 2.64 bits per heavy atom. The van der Waals surface area contributed by atoms with E-state index in [1.807, 2.05) is 43.3 Å². The number of rotatable bonds is 6. The first kappa shape index (κ1) is 18.7. The van der Waals surface area contributed by atoms with Crippen LogP contribution in [0.3, 0.4) is 0 Å². The normalized spacial score (nSPS) is 11.8. The van der Waals surface area contributed by atoms with Gasteiger partial charge in [0.2, 0.25) is 5.91 Å². The van der Waals surface area contributed by atoms with E-state index in [2.05, 4.69) is 37.1 Å². The molecule has 1 unspecified atom stereocenters. The fourth-order valence-corrected chi connectivity index (χ4v) is 3.02. The summed E-state index contributed by atoms with van der Waals surface area (Å²) in [4.78, 5) is 17.1. The summed E-state index contributed by atoms with van der Waals surface area (Å²) in [6, 6.07) is 14.1. The van der Waals surface area contributed by atoms with Crippen LogP contribution in [-0.4, -0.2) is 17.4 Å². The zero-order valence-electron chi connectivity index (χ0n) is 15.3. The van der Waals surface area contributed by atoms with Crippen LogP contribution in [0.25, 0.3) is 11.3 Å². The molecule has 0 radical (unpaired) electrons. The SMILES string of the molecule is Cc1cc(C)nc(-c2cccc(C(CC(C)C)C(=O)NCC#N)c2)c1. The van der Waals surface area contributed by atoms with Crippen LogP contribution in [0.4, 0.5) is 0 Å². The van der Waals surface area contributed by atoms with Crippen molar-refractivity contribution < 1.29 is 4.79 Å². The first-order valence-corrected chi connectivity index (χ1v) is 8.61. The molecule has 1 aromatic heterocycles. The standard InChI is InChI=1S/C21H25N3O/c1-14(2)10-19(21(25)23-9-8-22)17-6-5-7-18(13-17)20-12-15(3)11-16(4)24-20/h5-7,11-14,19H,9-10H2,1-4H3,(H,23,25). The largest absolute Gasteiger partial charge is 0.342 e. The van der Waals surface area contributed by atoms with Gasteiger partial charge in [-0.3, -0.25) is 9.78 Å². The van der Waals surface area contributed by atoms with Gasteiger partial charge in [0.15, 0.2) is 0 Å². The maximum Gasteiger partial charge on any atom is 0.228 e. The molecule has 0 saturated carbocycles. The molecule has 1 heterocycles. The van der Waals surface area contributed by atoms with Crippen LogP contribution < -0.4 is 5.32 Å². The first-order chi connectivity index (χ1) is 11.9. The van der Waals surface area contributed by atoms with Crippen molar-refractivity contribution in [2.45, 2.75) is 40.0 Å². The summed E-state index contributed by atoms with van der Waals surface area (Å²) < 4.78 is 0. The third-order valence-electron chi connectivity index (χ3n) is 4.05. The smallest absolute Gasteiger partial charge is 0.228 e. The molecular formula is C21H25N3O. The van der Waals surface area contributed by atoms with Gasteiger partial charge >= 0.3 is 0 Å². The predicted molar refractivity (Wildman–Crippen MR) is 100.0 cm³/mol. The third-order valence-corrected chi connectivity index (χ3v) is 4.05. The molecule has 0 bridgehead atoms. The zero-order chi connectivity index (χ0) is 18.4. The van der Waals surface area contributed by atoms with E-state index in [9.17, 15) is 4.79 Å². The molecule has 0 spiro atoms. The van der Waals surface area contributed by atoms with Crippen LogP contribution >= 0.6 is 0 Å². The monoisotopic (exact) mass is 335 g/mol. The Morgan fingerprint density at radius 1 is 1.24 bits per heavy atom. The predicted octanol–water partition coefficient (Wildman–Crippen LogP) is 4.13. The Hall–Kier alpha value is -2.67. The highest BCUT2D eigenvalue weighted by atomic mass is 16.1. The van der Waals surface area contributed by atoms with Crippen molar-refractivity contribution in [3.8, 4) is 17.3 Å². The molecular weight excluding hydrogens is 310 g/mol. The molecule has 2 aromatic rings. The van der Waals surface area contributed by atoms with Gasteiger partial charge in [-0.05, 0) is 55.5 Å². The Balaban J connectivity index is 2.38. The highest BCUT2D eigenvalue weighted by molar-refractivity contribution is 5.84. The number of nitrogens with zero attached hydrogens (tertiary/aromatic N) is 2. The van der Waals surface area contributed by atoms with E-state index >= 15 is 0 Å². The van der Waals surface area contributed by atoms with Gasteiger partial charge in [0, 0.05) is 11.3 Å². The average Bonchev–Trinajstić information content (AvgIpc) is 2.56. The first-order valence-electron chi connectivity index (χ1n) is 8.61. The molecule has 0 aliphatic carbocycles. The van der Waals surface area contributed by atoms with Crippen LogP contribution in [0.1, 0.15) is 43.0 Å². The summed E-state index contributed by atoms with van der Waals surface area (Å²) in [5.41, 5.74) is 5.03. The Kier molecular flexibility index (Phi) is 6.30. The van der Waals surface area contributed by atoms with Crippen LogP contribution in [0.15, 0.2) is 36.4 Å². The fourth-order valence-electron chi connectivity index (χ4n) is 3.02. The summed E-state index contributed by atoms with van der Waals surface area (Å²) in [6.07, 6.45) is 0.737. The van der Waals surface area contributed by atoms with Crippen molar-refractivity contribution in [3.63, 3.8) is 0 Å². The number of nitriles is 1. The lowest BCUT2D eigenvalue weighted by molar-refractivity contribution is -0.122. The highest BCUT2D eigenvalue weighted by Gasteiger charge is 2.22. The number of nitrogens with one attached hydrogen (secondary N) is 1. The van der Waals surface area contributed by atoms with Gasteiger partial charge in [-0.25, -0.2) is 0 Å². The molecule has 1 atom stereocenters. The number of aryl methyl sites for hydroxylation is 2. The third kappa shape index (κ3) is 5.15. The number of pyridine rings is 1. The van der Waals surface area contributed by atoms with Gasteiger partial charge in [-0.2, -0.15) is 5.26 Å². The number of carbonyl (C=O) groups is 1. The highest BCUT2D eigenvalue weighted by Crippen LogP contribution is 2.28. The van der Waals surface area contributed by atoms with Gasteiger partial charge in [-0.15, -0.1) is 0 Å². The molecule has 0 aliphatic heterocycles. The number of hydrogen-bond donors (Lipinski definition) is 1. The van der Waals surface area contributed by atoms with Gasteiger partial charge in [-0.1, -0.05) is 32.0 Å². The van der Waals surface area contributed by atoms with E-state index in [-0.39, 0.29) is 18.4 Å². The molecule has 2 rings (SSSR count). The lowest BCUT2D eigenvalue weighted by atomic mass is 9.88. The van der Waals surface area contributed by atoms with E-state index in [0.717, 1.165) is 28.9 Å². The molecule has 0 saturated heterocycles. The minimum absolute atomic E-state index is 0.0335. The van der Waals surface area contributed by atoms with E-state index < -0.39 is 0 Å². The van der Waals surface area contributed by atoms with Crippen LogP contribution in [0.5, 0.6) is 0 Å². The summed E-state index contributed by atoms with van der Waals surface area (Å²) in [5, 5.41) is 11.4. The Bertz CT molecular complexity index is 770. The summed E-state index contributed by atoms with van der Waals surface area (Å²) in [5.74, 6) is 0.0146. The lowest BCUT2D eigenvalue weighted by Crippen LogP contribution is -2.30. The van der Waals surface area contributed by atoms with Crippen molar-refractivity contribution in [1.29, 1.82) is 5.26 Å². The topological polar surface area (TPSA) is 65.8 Å². The molecule has 4 nitrogen and oxygen atoms in total. The number of benzene rings is 1. The van der Waals surface area contributed by atoms with Crippen molar-refractivity contribution in [2.75, 3.05) is 6.54 Å². The second-order valence-corrected chi connectivity index (χ2v) is 6.85. The second kappa shape index (κ2) is 8.43. The number of hydrogen-bond acceptors (Lipinski definition) is 3. The molecule has 4 heteroatoms. The van der Waals surface area contributed by atoms with Crippen LogP contribution in [0.2, 0.25) is 0 Å². The van der Waals surface area contributed by atoms with E-state index in [1.54, 1.807) is 0 Å². The fraction of sp³-hybridized carbons (Fsp3) is 0.381. The van der Waals surface area contributed by atoms with Crippen LogP contribution in [0, 0.1) is 31.1 Å². The molecule has 0 aliphatic rings. The zero-order valence-corrected chi connectivity index (χ0v) is 15.3. The van der Waals surface area contributed by atoms with Crippen molar-refractivity contribution >= 4 is 5.91 Å². The van der Waals surface area contributed by atoms with Gasteiger partial charge in [0.05, 0.1) is 17.7 Å². The van der Waals surface area contributed by atoms with Gasteiger partial charge in [0.1, 0.15) is 6.54 Å². The van der Waals surface area contributed by atoms with Crippen molar-refractivity contribution in [3.05, 3.63) is 53.2 Å². The molecule has 1 aromatic carbocycles. The minimum Gasteiger partial charge on any atom is -0.342 e. The second-order valence-electron chi connectivity index (χ2n) is 6.85. The molecule has 25 heavy (non-hydrogen) atoms. The molecule has 0 fully saturated rings. The quantitative estimate of drug-likeness (QED) is 0.807. The lowest BCUT2D eigenvalue weighted by Gasteiger charge is -2.19. The molecule has 130 valence electrons. The Labute approximate surface area is 149 Å². The molecule has 1 N–H and O–H groups in total. The maximum atomic E-state index is 12.5. The average molecular weight is 335 g/mol. The molecule has 1 amide bonds. The summed E-state index contributed by atoms with van der Waals surface area (Å²) in [6.45, 7) is 8.27. The van der Waals surface area contributed by atoms with E-state index in [1.165, 1.54) is 5.56 Å². The van der Waals surface area contributed by atoms with Crippen LogP contribution in [-0.2, 0) is 4.79 Å². The van der Waals surface area contributed by atoms with E-state index in [0.29, 0.717) is 5.92 Å². The van der Waals surface area contributed by atoms with Crippen molar-refractivity contribution in [2.24, 2.45) is 5.92 Å². The summed E-state index contributed by atoms with van der Waals surface area (Å²) >= 11 is 0. The minimum atomic E-state index is -0.265. The maximum absolute atomic E-state index is 12.5. The van der Waals surface area contributed by atoms with Gasteiger partial charge in [0.25, 0.3) is 0 Å². The van der Waals surface area contributed by atoms with Gasteiger partial charge < -0.3 is 5.32 Å². The number of carbonyl (C=O) groups excluding carboxylic acids is 1. The van der Waals surface area contributed by atoms with E-state index in [4.69, 9.17) is 5.26 Å².